The predicted molar refractivity (Wildman–Crippen MR) is 565 cm³/mol. The standard InChI is InChI=1S/C126H103BN4/c1-122(2,3)86-52-44-76(45-53-86)98-66-84(74-28-18-16-19-29-74)67-100(83-37-23-39-89(65-83)125(10,11)12)121(98)131-108-73-92(129-105-62-50-80-34-26-42-95-96-43-27-35-81-51-63-106(129)118(114(81)96)117(105)113(80)95)57-59-102(108)127-101-58-56-91(128-103-60-48-78-32-24-40-93-94-41-25-33-79-49-61-104(128)116(112(79)94)115(103)111(78)93)72-107(101)130(109-70-90(126(13,14)15)71-110(131)119(109)127)120-97(75-30-20-17-21-31-75)68-85(82-36-22-38-88(64-82)124(7,8)9)69-99(120)77-46-54-87(55-47-77)123(4,5)6/h16-73H,1-15H3. The molecule has 23 aromatic rings. The van der Waals surface area contributed by atoms with Crippen LogP contribution < -0.4 is 26.2 Å². The van der Waals surface area contributed by atoms with Crippen LogP contribution in [0.2, 0.25) is 0 Å². The fourth-order valence-electron chi connectivity index (χ4n) is 22.9. The minimum atomic E-state index is -0.415. The molecule has 0 bridgehead atoms. The van der Waals surface area contributed by atoms with Gasteiger partial charge in [-0.1, -0.05) is 371 Å². The van der Waals surface area contributed by atoms with Crippen molar-refractivity contribution in [1.29, 1.82) is 0 Å². The second-order valence-corrected chi connectivity index (χ2v) is 42.8. The first kappa shape index (κ1) is 78.7. The number of aromatic nitrogens is 2. The first-order valence-electron chi connectivity index (χ1n) is 47.0. The lowest BCUT2D eigenvalue weighted by Crippen LogP contribution is -2.61. The van der Waals surface area contributed by atoms with Crippen molar-refractivity contribution in [2.24, 2.45) is 0 Å². The van der Waals surface area contributed by atoms with Crippen LogP contribution in [-0.2, 0) is 27.1 Å². The van der Waals surface area contributed by atoms with Crippen molar-refractivity contribution in [3.63, 3.8) is 0 Å². The molecule has 0 atom stereocenters. The number of rotatable bonds is 10. The molecule has 0 fully saturated rings. The topological polar surface area (TPSA) is 16.3 Å². The second-order valence-electron chi connectivity index (χ2n) is 42.8. The van der Waals surface area contributed by atoms with Crippen molar-refractivity contribution in [3.8, 4) is 78.1 Å². The van der Waals surface area contributed by atoms with E-state index in [-0.39, 0.29) is 28.4 Å². The van der Waals surface area contributed by atoms with Crippen LogP contribution in [0.3, 0.4) is 0 Å². The molecule has 21 aromatic carbocycles. The average Bonchev–Trinajstić information content (AvgIpc) is 1.50. The van der Waals surface area contributed by atoms with E-state index in [1.807, 2.05) is 0 Å². The monoisotopic (exact) mass is 1680 g/mol. The highest BCUT2D eigenvalue weighted by atomic mass is 15.2. The molecule has 0 saturated carbocycles. The summed E-state index contributed by atoms with van der Waals surface area (Å²) in [5.41, 5.74) is 36.6. The Labute approximate surface area is 767 Å². The van der Waals surface area contributed by atoms with Crippen molar-refractivity contribution >= 4 is 165 Å². The molecule has 2 aromatic heterocycles. The number of nitrogens with zero attached hydrogens (tertiary/aromatic N) is 4. The van der Waals surface area contributed by atoms with Gasteiger partial charge >= 0.3 is 0 Å². The maximum Gasteiger partial charge on any atom is 0.252 e. The highest BCUT2D eigenvalue weighted by molar-refractivity contribution is 7.00. The van der Waals surface area contributed by atoms with Crippen LogP contribution in [0.4, 0.5) is 34.1 Å². The van der Waals surface area contributed by atoms with Crippen LogP contribution >= 0.6 is 0 Å². The molecule has 4 nitrogen and oxygen atoms in total. The average molecular weight is 1680 g/mol. The van der Waals surface area contributed by atoms with E-state index in [1.54, 1.807) is 0 Å². The smallest absolute Gasteiger partial charge is 0.252 e. The number of fused-ring (bicyclic) bond motifs is 6. The zero-order valence-electron chi connectivity index (χ0n) is 77.4. The quantitative estimate of drug-likeness (QED) is 0.0771. The molecule has 0 spiro atoms. The number of hydrogen-bond acceptors (Lipinski definition) is 2. The van der Waals surface area contributed by atoms with Crippen molar-refractivity contribution in [3.05, 3.63) is 380 Å². The summed E-state index contributed by atoms with van der Waals surface area (Å²) in [6, 6.07) is 138. The summed E-state index contributed by atoms with van der Waals surface area (Å²) in [5.74, 6) is 0. The van der Waals surface area contributed by atoms with Crippen molar-refractivity contribution in [1.82, 2.24) is 9.13 Å². The van der Waals surface area contributed by atoms with Gasteiger partial charge in [-0.2, -0.15) is 0 Å². The van der Waals surface area contributed by atoms with E-state index in [4.69, 9.17) is 0 Å². The molecule has 0 unspecified atom stereocenters. The van der Waals surface area contributed by atoms with Crippen LogP contribution in [0.25, 0.3) is 186 Å². The maximum absolute atomic E-state index is 2.81. The first-order chi connectivity index (χ1) is 63.1. The lowest BCUT2D eigenvalue weighted by Gasteiger charge is -2.46. The maximum atomic E-state index is 2.81. The van der Waals surface area contributed by atoms with Gasteiger partial charge in [-0.3, -0.25) is 0 Å². The highest BCUT2D eigenvalue weighted by Crippen LogP contribution is 2.59. The summed E-state index contributed by atoms with van der Waals surface area (Å²) in [6.45, 7) is 35.1. The molecular weight excluding hydrogens is 1580 g/mol. The van der Waals surface area contributed by atoms with Gasteiger partial charge in [-0.15, -0.1) is 0 Å². The minimum absolute atomic E-state index is 0.101. The number of anilines is 6. The largest absolute Gasteiger partial charge is 0.310 e. The van der Waals surface area contributed by atoms with Gasteiger partial charge < -0.3 is 18.9 Å². The van der Waals surface area contributed by atoms with Gasteiger partial charge in [0.2, 0.25) is 0 Å². The number of hydrogen-bond donors (Lipinski definition) is 0. The van der Waals surface area contributed by atoms with Crippen LogP contribution in [0, 0.1) is 0 Å². The van der Waals surface area contributed by atoms with Crippen LogP contribution in [0.1, 0.15) is 132 Å². The second kappa shape index (κ2) is 28.0. The van der Waals surface area contributed by atoms with Gasteiger partial charge in [-0.05, 0) is 265 Å². The molecule has 0 N–H and O–H groups in total. The molecule has 0 saturated heterocycles. The van der Waals surface area contributed by atoms with Crippen molar-refractivity contribution in [2.75, 3.05) is 9.80 Å². The van der Waals surface area contributed by atoms with Crippen molar-refractivity contribution in [2.45, 2.75) is 131 Å². The SMILES string of the molecule is CC(C)(C)c1ccc(-c2cc(-c3cccc(C(C)(C)C)c3)cc(-c3ccccc3)c2N2c3cc(-n4c5ccc6cccc7c8cccc9ccc4c(c98)c5c67)ccc3B3c4ccc(-n5c6ccc7cccc8c9cccc%10ccc5c(c%109)c6c78)cc4N(c4c(-c5ccc(C(C)(C)C)cc5)cc(-c5ccccc5)cc4-c4cccc(C(C)(C)C)c4)c4cc(C(C)(C)C)cc2c43)cc1. The Bertz CT molecular complexity index is 8380. The molecule has 0 radical (unpaired) electrons. The zero-order chi connectivity index (χ0) is 89.1. The van der Waals surface area contributed by atoms with Gasteiger partial charge in [0.15, 0.2) is 0 Å². The van der Waals surface area contributed by atoms with Gasteiger partial charge in [0, 0.05) is 77.9 Å². The molecule has 0 aliphatic carbocycles. The molecular formula is C126H103BN4. The fourth-order valence-corrected chi connectivity index (χ4v) is 22.9. The molecule has 131 heavy (non-hydrogen) atoms. The fraction of sp³-hybridized carbons (Fsp3) is 0.159. The lowest BCUT2D eigenvalue weighted by atomic mass is 9.33. The molecule has 0 amide bonds. The van der Waals surface area contributed by atoms with E-state index in [9.17, 15) is 0 Å². The molecule has 4 heterocycles. The third kappa shape index (κ3) is 11.9. The number of benzene rings is 21. The van der Waals surface area contributed by atoms with Gasteiger partial charge in [0.1, 0.15) is 0 Å². The van der Waals surface area contributed by atoms with Crippen LogP contribution in [-0.4, -0.2) is 15.8 Å². The van der Waals surface area contributed by atoms with Gasteiger partial charge in [-0.25, -0.2) is 0 Å². The Balaban J connectivity index is 0.865. The van der Waals surface area contributed by atoms with Crippen molar-refractivity contribution < 1.29 is 0 Å². The van der Waals surface area contributed by atoms with E-state index in [2.05, 4.69) is 475 Å². The minimum Gasteiger partial charge on any atom is -0.310 e. The van der Waals surface area contributed by atoms with Crippen LogP contribution in [0.5, 0.6) is 0 Å². The lowest BCUT2D eigenvalue weighted by molar-refractivity contribution is 0.590. The summed E-state index contributed by atoms with van der Waals surface area (Å²) in [4.78, 5) is 5.61. The molecule has 2 aliphatic rings. The van der Waals surface area contributed by atoms with Gasteiger partial charge in [0.25, 0.3) is 6.71 Å². The Morgan fingerprint density at radius 2 is 0.511 bits per heavy atom. The third-order valence-corrected chi connectivity index (χ3v) is 29.6. The summed E-state index contributed by atoms with van der Waals surface area (Å²) in [6.07, 6.45) is 0. The molecule has 5 heteroatoms. The molecule has 2 aliphatic heterocycles. The Morgan fingerprint density at radius 1 is 0.198 bits per heavy atom. The van der Waals surface area contributed by atoms with E-state index in [1.165, 1.54) is 158 Å². The third-order valence-electron chi connectivity index (χ3n) is 29.6. The summed E-state index contributed by atoms with van der Waals surface area (Å²) in [5, 5.41) is 20.7. The normalized spacial score (nSPS) is 13.4. The highest BCUT2D eigenvalue weighted by Gasteiger charge is 2.47. The predicted octanol–water partition coefficient (Wildman–Crippen LogP) is 33.1. The van der Waals surface area contributed by atoms with E-state index in [0.717, 1.165) is 107 Å². The Hall–Kier alpha value is -14.5. The summed E-state index contributed by atoms with van der Waals surface area (Å²) >= 11 is 0. The summed E-state index contributed by atoms with van der Waals surface area (Å²) < 4.78 is 5.25. The van der Waals surface area contributed by atoms with E-state index < -0.39 is 5.41 Å². The summed E-state index contributed by atoms with van der Waals surface area (Å²) in [7, 11) is 0. The molecule has 630 valence electrons. The Morgan fingerprint density at radius 3 is 0.878 bits per heavy atom. The molecule has 25 rings (SSSR count). The van der Waals surface area contributed by atoms with E-state index in [0.29, 0.717) is 0 Å². The van der Waals surface area contributed by atoms with Gasteiger partial charge in [0.05, 0.1) is 33.4 Å². The Kier molecular flexibility index (Phi) is 16.8. The zero-order valence-corrected chi connectivity index (χ0v) is 77.4. The van der Waals surface area contributed by atoms with E-state index >= 15 is 0 Å². The van der Waals surface area contributed by atoms with Crippen LogP contribution in [0.15, 0.2) is 352 Å². The first-order valence-corrected chi connectivity index (χ1v) is 47.0.